The minimum Gasteiger partial charge on any atom is -0.383 e. The highest BCUT2D eigenvalue weighted by molar-refractivity contribution is 7.17. The summed E-state index contributed by atoms with van der Waals surface area (Å²) < 4.78 is 0.671. The summed E-state index contributed by atoms with van der Waals surface area (Å²) in [5, 5.41) is 0.790. The van der Waals surface area contributed by atoms with Gasteiger partial charge in [0.1, 0.15) is 18.2 Å². The Balaban J connectivity index is 1.46. The third-order valence-corrected chi connectivity index (χ3v) is 6.54. The van der Waals surface area contributed by atoms with Crippen molar-refractivity contribution in [2.75, 3.05) is 18.8 Å². The summed E-state index contributed by atoms with van der Waals surface area (Å²) in [6.07, 6.45) is 5.25. The van der Waals surface area contributed by atoms with Crippen LogP contribution >= 0.6 is 22.9 Å². The van der Waals surface area contributed by atoms with E-state index in [2.05, 4.69) is 9.97 Å². The van der Waals surface area contributed by atoms with Crippen LogP contribution in [-0.2, 0) is 16.1 Å². The van der Waals surface area contributed by atoms with Gasteiger partial charge < -0.3 is 15.5 Å². The van der Waals surface area contributed by atoms with Crippen molar-refractivity contribution >= 4 is 57.5 Å². The molecule has 7 nitrogen and oxygen atoms in total. The van der Waals surface area contributed by atoms with Crippen LogP contribution in [0.4, 0.5) is 5.82 Å². The Morgan fingerprint density at radius 2 is 2.13 bits per heavy atom. The summed E-state index contributed by atoms with van der Waals surface area (Å²) in [6, 6.07) is 8.91. The van der Waals surface area contributed by atoms with Gasteiger partial charge in [0.2, 0.25) is 11.8 Å². The summed E-state index contributed by atoms with van der Waals surface area (Å²) >= 11 is 7.34. The Morgan fingerprint density at radius 1 is 1.29 bits per heavy atom. The van der Waals surface area contributed by atoms with Gasteiger partial charge in [0.15, 0.2) is 0 Å². The second kappa shape index (κ2) is 9.03. The lowest BCUT2D eigenvalue weighted by Gasteiger charge is -2.40. The Hall–Kier alpha value is -2.97. The third-order valence-electron chi connectivity index (χ3n) is 5.34. The van der Waals surface area contributed by atoms with Gasteiger partial charge >= 0.3 is 0 Å². The first kappa shape index (κ1) is 21.3. The van der Waals surface area contributed by atoms with Crippen molar-refractivity contribution in [3.05, 3.63) is 57.5 Å². The van der Waals surface area contributed by atoms with Gasteiger partial charge in [0.25, 0.3) is 0 Å². The number of rotatable bonds is 5. The average Bonchev–Trinajstić information content (AvgIpc) is 3.18. The Kier molecular flexibility index (Phi) is 6.20. The van der Waals surface area contributed by atoms with Crippen molar-refractivity contribution in [2.24, 2.45) is 0 Å². The molecular weight excluding hydrogens is 434 g/mol. The lowest BCUT2D eigenvalue weighted by atomic mass is 10.1. The van der Waals surface area contributed by atoms with Crippen molar-refractivity contribution in [3.63, 3.8) is 0 Å². The second-order valence-electron chi connectivity index (χ2n) is 7.30. The van der Waals surface area contributed by atoms with E-state index in [0.29, 0.717) is 36.2 Å². The molecule has 4 rings (SSSR count). The molecule has 31 heavy (non-hydrogen) atoms. The first-order valence-electron chi connectivity index (χ1n) is 9.98. The second-order valence-corrected chi connectivity index (χ2v) is 9.05. The monoisotopic (exact) mass is 455 g/mol. The Bertz CT molecular complexity index is 1160. The van der Waals surface area contributed by atoms with Crippen LogP contribution in [0.15, 0.2) is 42.7 Å². The largest absolute Gasteiger partial charge is 0.383 e. The highest BCUT2D eigenvalue weighted by atomic mass is 35.5. The number of anilines is 1. The van der Waals surface area contributed by atoms with Crippen molar-refractivity contribution in [2.45, 2.75) is 25.9 Å². The number of thiophene rings is 1. The standard InChI is InChI=1S/C22H22ClN5O2S/c1-2-18-22(30)27(12-14-3-6-16-17(11-14)25-13-26-21(16)24)9-10-28(18)20(29)8-5-15-4-7-19(23)31-15/h3-8,11,13,18H,2,9-10,12H2,1H3,(H2,24,25,26)/t18-/m0/s1. The number of fused-ring (bicyclic) bond motifs is 1. The molecule has 1 aliphatic heterocycles. The van der Waals surface area contributed by atoms with Gasteiger partial charge in [0.05, 0.1) is 9.85 Å². The molecule has 3 aromatic rings. The fourth-order valence-electron chi connectivity index (χ4n) is 3.76. The number of nitrogens with zero attached hydrogens (tertiary/aromatic N) is 4. The van der Waals surface area contributed by atoms with Crippen molar-refractivity contribution in [1.29, 1.82) is 0 Å². The lowest BCUT2D eigenvalue weighted by molar-refractivity contribution is -0.149. The number of hydrogen-bond acceptors (Lipinski definition) is 6. The molecule has 160 valence electrons. The summed E-state index contributed by atoms with van der Waals surface area (Å²) in [5.74, 6) is 0.225. The number of benzene rings is 1. The van der Waals surface area contributed by atoms with Crippen molar-refractivity contribution in [1.82, 2.24) is 19.8 Å². The fourth-order valence-corrected chi connectivity index (χ4v) is 4.73. The van der Waals surface area contributed by atoms with E-state index >= 15 is 0 Å². The number of carbonyl (C=O) groups excluding carboxylic acids is 2. The Morgan fingerprint density at radius 3 is 2.87 bits per heavy atom. The molecular formula is C22H22ClN5O2S. The lowest BCUT2D eigenvalue weighted by Crippen LogP contribution is -2.57. The Labute approximate surface area is 189 Å². The minimum absolute atomic E-state index is 0.0445. The number of halogens is 1. The molecule has 2 aromatic heterocycles. The minimum atomic E-state index is -0.476. The van der Waals surface area contributed by atoms with E-state index in [1.807, 2.05) is 31.2 Å². The first-order chi connectivity index (χ1) is 15.0. The summed E-state index contributed by atoms with van der Waals surface area (Å²) in [7, 11) is 0. The van der Waals surface area contributed by atoms with Crippen molar-refractivity contribution in [3.8, 4) is 0 Å². The van der Waals surface area contributed by atoms with Gasteiger partial charge in [-0.1, -0.05) is 24.6 Å². The fraction of sp³-hybridized carbons (Fsp3) is 0.273. The highest BCUT2D eigenvalue weighted by Crippen LogP contribution is 2.24. The molecule has 1 saturated heterocycles. The van der Waals surface area contributed by atoms with Crippen LogP contribution in [0.1, 0.15) is 23.8 Å². The number of amides is 2. The van der Waals surface area contributed by atoms with Gasteiger partial charge in [-0.2, -0.15) is 0 Å². The summed E-state index contributed by atoms with van der Waals surface area (Å²) in [5.41, 5.74) is 7.60. The van der Waals surface area contributed by atoms with Gasteiger partial charge in [-0.25, -0.2) is 9.97 Å². The maximum absolute atomic E-state index is 13.1. The molecule has 1 fully saturated rings. The number of piperazine rings is 1. The molecule has 0 unspecified atom stereocenters. The molecule has 9 heteroatoms. The number of nitrogens with two attached hydrogens (primary N) is 1. The van der Waals surface area contributed by atoms with Crippen LogP contribution in [0.2, 0.25) is 4.34 Å². The predicted octanol–water partition coefficient (Wildman–Crippen LogP) is 3.59. The summed E-state index contributed by atoms with van der Waals surface area (Å²) in [4.78, 5) is 38.5. The third kappa shape index (κ3) is 4.55. The highest BCUT2D eigenvalue weighted by Gasteiger charge is 2.35. The van der Waals surface area contributed by atoms with E-state index in [4.69, 9.17) is 17.3 Å². The molecule has 0 radical (unpaired) electrons. The number of aromatic nitrogens is 2. The number of hydrogen-bond donors (Lipinski definition) is 1. The molecule has 0 bridgehead atoms. The SMILES string of the molecule is CC[C@H]1C(=O)N(Cc2ccc3c(N)ncnc3c2)CCN1C(=O)C=Cc1ccc(Cl)s1. The molecule has 2 N–H and O–H groups in total. The number of carbonyl (C=O) groups is 2. The maximum Gasteiger partial charge on any atom is 0.247 e. The van der Waals surface area contributed by atoms with Crippen LogP contribution in [0.3, 0.4) is 0 Å². The zero-order chi connectivity index (χ0) is 22.0. The average molecular weight is 456 g/mol. The van der Waals surface area contributed by atoms with E-state index in [1.54, 1.807) is 21.9 Å². The molecule has 1 aromatic carbocycles. The van der Waals surface area contributed by atoms with Gasteiger partial charge in [-0.05, 0) is 42.3 Å². The molecule has 1 atom stereocenters. The normalized spacial score (nSPS) is 17.1. The molecule has 0 spiro atoms. The maximum atomic E-state index is 13.1. The number of nitrogen functional groups attached to an aromatic ring is 1. The van der Waals surface area contributed by atoms with E-state index in [9.17, 15) is 9.59 Å². The zero-order valence-electron chi connectivity index (χ0n) is 17.0. The molecule has 3 heterocycles. The van der Waals surface area contributed by atoms with Crippen LogP contribution in [0, 0.1) is 0 Å². The van der Waals surface area contributed by atoms with Crippen LogP contribution in [-0.4, -0.2) is 50.7 Å². The zero-order valence-corrected chi connectivity index (χ0v) is 18.6. The van der Waals surface area contributed by atoms with Crippen LogP contribution < -0.4 is 5.73 Å². The van der Waals surface area contributed by atoms with E-state index in [0.717, 1.165) is 21.3 Å². The van der Waals surface area contributed by atoms with Crippen LogP contribution in [0.5, 0.6) is 0 Å². The van der Waals surface area contributed by atoms with E-state index in [1.165, 1.54) is 23.7 Å². The van der Waals surface area contributed by atoms with Gasteiger partial charge in [-0.15, -0.1) is 11.3 Å². The smallest absolute Gasteiger partial charge is 0.247 e. The molecule has 0 aliphatic carbocycles. The van der Waals surface area contributed by atoms with Crippen molar-refractivity contribution < 1.29 is 9.59 Å². The quantitative estimate of drug-likeness (QED) is 0.593. The van der Waals surface area contributed by atoms with Crippen LogP contribution in [0.25, 0.3) is 17.0 Å². The molecule has 0 saturated carbocycles. The molecule has 2 amide bonds. The predicted molar refractivity (Wildman–Crippen MR) is 124 cm³/mol. The van der Waals surface area contributed by atoms with E-state index in [-0.39, 0.29) is 11.8 Å². The molecule has 1 aliphatic rings. The van der Waals surface area contributed by atoms with Gasteiger partial charge in [-0.3, -0.25) is 9.59 Å². The van der Waals surface area contributed by atoms with E-state index < -0.39 is 6.04 Å². The topological polar surface area (TPSA) is 92.4 Å². The first-order valence-corrected chi connectivity index (χ1v) is 11.2. The summed E-state index contributed by atoms with van der Waals surface area (Å²) in [6.45, 7) is 3.34. The van der Waals surface area contributed by atoms with Gasteiger partial charge in [0, 0.05) is 36.0 Å².